The molecule has 0 spiro atoms. The minimum Gasteiger partial charge on any atom is -0.481 e. The van der Waals surface area contributed by atoms with E-state index in [1.165, 1.54) is 0 Å². The van der Waals surface area contributed by atoms with Crippen LogP contribution in [0.5, 0.6) is 0 Å². The number of carbonyl (C=O) groups excluding carboxylic acids is 1. The molecule has 5 nitrogen and oxygen atoms in total. The van der Waals surface area contributed by atoms with Gasteiger partial charge < -0.3 is 15.2 Å². The number of ether oxygens (including phenoxy) is 1. The summed E-state index contributed by atoms with van der Waals surface area (Å²) in [5.74, 6) is -2.90. The van der Waals surface area contributed by atoms with Crippen molar-refractivity contribution in [1.82, 2.24) is 0 Å². The maximum atomic E-state index is 12.5. The molecule has 2 bridgehead atoms. The number of amides is 1. The quantitative estimate of drug-likeness (QED) is 0.604. The fraction of sp³-hybridized carbons (Fsp3) is 0.333. The van der Waals surface area contributed by atoms with Crippen molar-refractivity contribution < 1.29 is 19.4 Å². The topological polar surface area (TPSA) is 75.6 Å². The van der Waals surface area contributed by atoms with Gasteiger partial charge in [-0.3, -0.25) is 9.59 Å². The number of fused-ring (bicyclic) bond motifs is 2. The maximum Gasteiger partial charge on any atom is 0.310 e. The van der Waals surface area contributed by atoms with Crippen molar-refractivity contribution in [3.8, 4) is 0 Å². The van der Waals surface area contributed by atoms with Gasteiger partial charge >= 0.3 is 5.97 Å². The summed E-state index contributed by atoms with van der Waals surface area (Å²) in [6.45, 7) is 1.76. The zero-order valence-corrected chi connectivity index (χ0v) is 13.4. The molecule has 1 fully saturated rings. The maximum absolute atomic E-state index is 12.5. The van der Waals surface area contributed by atoms with Crippen LogP contribution in [0.4, 0.5) is 5.69 Å². The van der Waals surface area contributed by atoms with E-state index in [2.05, 4.69) is 27.9 Å². The molecular formula is C15H14INO4. The van der Waals surface area contributed by atoms with Gasteiger partial charge in [-0.2, -0.15) is 0 Å². The van der Waals surface area contributed by atoms with Gasteiger partial charge in [0.1, 0.15) is 5.92 Å². The summed E-state index contributed by atoms with van der Waals surface area (Å²) in [5, 5.41) is 12.2. The smallest absolute Gasteiger partial charge is 0.310 e. The Morgan fingerprint density at radius 1 is 1.43 bits per heavy atom. The molecule has 6 heteroatoms. The summed E-state index contributed by atoms with van der Waals surface area (Å²) in [4.78, 5) is 24.0. The van der Waals surface area contributed by atoms with Crippen molar-refractivity contribution in [2.75, 3.05) is 5.32 Å². The summed E-state index contributed by atoms with van der Waals surface area (Å²) in [6, 6.07) is 7.37. The van der Waals surface area contributed by atoms with Crippen molar-refractivity contribution >= 4 is 40.2 Å². The predicted octanol–water partition coefficient (Wildman–Crippen LogP) is 2.27. The molecule has 4 atom stereocenters. The van der Waals surface area contributed by atoms with Crippen molar-refractivity contribution in [2.24, 2.45) is 11.8 Å². The highest BCUT2D eigenvalue weighted by Gasteiger charge is 2.59. The number of carboxylic acid groups (broad SMARTS) is 1. The van der Waals surface area contributed by atoms with Gasteiger partial charge in [-0.05, 0) is 47.7 Å². The first-order chi connectivity index (χ1) is 9.90. The molecule has 2 N–H and O–H groups in total. The van der Waals surface area contributed by atoms with Crippen LogP contribution in [0, 0.1) is 15.4 Å². The normalized spacial score (nSPS) is 33.1. The molecule has 1 saturated heterocycles. The van der Waals surface area contributed by atoms with Crippen LogP contribution in [-0.4, -0.2) is 28.7 Å². The third-order valence-electron chi connectivity index (χ3n) is 4.00. The number of nitrogens with one attached hydrogen (secondary N) is 1. The Hall–Kier alpha value is -1.41. The Kier molecular flexibility index (Phi) is 3.53. The second-order valence-electron chi connectivity index (χ2n) is 5.47. The van der Waals surface area contributed by atoms with Crippen LogP contribution >= 0.6 is 22.6 Å². The molecule has 2 aliphatic rings. The van der Waals surface area contributed by atoms with E-state index in [0.717, 1.165) is 3.57 Å². The summed E-state index contributed by atoms with van der Waals surface area (Å²) < 4.78 is 6.67. The molecule has 1 aromatic carbocycles. The Balaban J connectivity index is 1.86. The van der Waals surface area contributed by atoms with Crippen LogP contribution in [-0.2, 0) is 14.3 Å². The van der Waals surface area contributed by atoms with E-state index in [-0.39, 0.29) is 5.91 Å². The molecule has 0 saturated carbocycles. The highest BCUT2D eigenvalue weighted by molar-refractivity contribution is 14.1. The van der Waals surface area contributed by atoms with Gasteiger partial charge in [0.25, 0.3) is 0 Å². The second-order valence-corrected chi connectivity index (χ2v) is 6.71. The standard InChI is InChI=1S/C15H14INO4/c1-15-6-5-10(21-15)11(14(19)20)12(15)13(18)17-9-4-2-3-8(16)7-9/h2-7,10-12H,1H3,(H,17,18)(H,19,20)/t10-,11+,12-,15+/m1/s1. The number of aliphatic carboxylic acids is 1. The minimum absolute atomic E-state index is 0.321. The molecule has 21 heavy (non-hydrogen) atoms. The van der Waals surface area contributed by atoms with E-state index in [0.29, 0.717) is 5.69 Å². The average Bonchev–Trinajstić information content (AvgIpc) is 2.91. The molecule has 3 rings (SSSR count). The van der Waals surface area contributed by atoms with Crippen LogP contribution in [0.25, 0.3) is 0 Å². The van der Waals surface area contributed by atoms with Gasteiger partial charge in [0.15, 0.2) is 0 Å². The van der Waals surface area contributed by atoms with Gasteiger partial charge in [0, 0.05) is 9.26 Å². The fourth-order valence-electron chi connectivity index (χ4n) is 3.07. The molecule has 1 aromatic rings. The third kappa shape index (κ3) is 2.46. The first-order valence-corrected chi connectivity index (χ1v) is 7.65. The van der Waals surface area contributed by atoms with E-state index in [9.17, 15) is 14.7 Å². The number of benzene rings is 1. The summed E-state index contributed by atoms with van der Waals surface area (Å²) >= 11 is 2.16. The van der Waals surface area contributed by atoms with Crippen LogP contribution in [0.15, 0.2) is 36.4 Å². The first kappa shape index (κ1) is 14.5. The lowest BCUT2D eigenvalue weighted by Gasteiger charge is -2.27. The monoisotopic (exact) mass is 399 g/mol. The Morgan fingerprint density at radius 2 is 2.19 bits per heavy atom. The summed E-state index contributed by atoms with van der Waals surface area (Å²) in [6.07, 6.45) is 2.99. The predicted molar refractivity (Wildman–Crippen MR) is 84.8 cm³/mol. The van der Waals surface area contributed by atoms with Crippen molar-refractivity contribution in [2.45, 2.75) is 18.6 Å². The lowest BCUT2D eigenvalue weighted by Crippen LogP contribution is -2.44. The molecule has 0 unspecified atom stereocenters. The average molecular weight is 399 g/mol. The lowest BCUT2D eigenvalue weighted by molar-refractivity contribution is -0.146. The number of hydrogen-bond donors (Lipinski definition) is 2. The van der Waals surface area contributed by atoms with E-state index >= 15 is 0 Å². The number of rotatable bonds is 3. The Bertz CT molecular complexity index is 644. The molecule has 2 aliphatic heterocycles. The zero-order valence-electron chi connectivity index (χ0n) is 11.2. The largest absolute Gasteiger partial charge is 0.481 e. The number of hydrogen-bond acceptors (Lipinski definition) is 3. The molecule has 0 aromatic heterocycles. The third-order valence-corrected chi connectivity index (χ3v) is 4.67. The minimum atomic E-state index is -1.00. The molecule has 1 amide bonds. The van der Waals surface area contributed by atoms with Crippen molar-refractivity contribution in [3.63, 3.8) is 0 Å². The van der Waals surface area contributed by atoms with E-state index in [1.54, 1.807) is 25.1 Å². The van der Waals surface area contributed by atoms with E-state index < -0.39 is 29.5 Å². The molecule has 110 valence electrons. The number of carboxylic acids is 1. The van der Waals surface area contributed by atoms with E-state index in [1.807, 2.05) is 18.2 Å². The van der Waals surface area contributed by atoms with Crippen LogP contribution in [0.2, 0.25) is 0 Å². The highest BCUT2D eigenvalue weighted by Crippen LogP contribution is 2.47. The first-order valence-electron chi connectivity index (χ1n) is 6.57. The number of carbonyl (C=O) groups is 2. The SMILES string of the molecule is C[C@@]12C=C[C@@H](O1)[C@H](C(=O)O)[C@@H]2C(=O)Nc1cccc(I)c1. The number of anilines is 1. The van der Waals surface area contributed by atoms with E-state index in [4.69, 9.17) is 4.74 Å². The fourth-order valence-corrected chi connectivity index (χ4v) is 3.61. The molecular weight excluding hydrogens is 385 g/mol. The Labute approximate surface area is 135 Å². The van der Waals surface area contributed by atoms with Crippen LogP contribution in [0.3, 0.4) is 0 Å². The summed E-state index contributed by atoms with van der Waals surface area (Å²) in [5.41, 5.74) is -0.189. The molecule has 2 heterocycles. The zero-order chi connectivity index (χ0) is 15.2. The lowest BCUT2D eigenvalue weighted by atomic mass is 9.75. The van der Waals surface area contributed by atoms with Crippen LogP contribution < -0.4 is 5.32 Å². The second kappa shape index (κ2) is 5.10. The van der Waals surface area contributed by atoms with Crippen molar-refractivity contribution in [3.05, 3.63) is 40.0 Å². The van der Waals surface area contributed by atoms with Crippen molar-refractivity contribution in [1.29, 1.82) is 0 Å². The molecule has 0 aliphatic carbocycles. The van der Waals surface area contributed by atoms with Gasteiger partial charge in [0.05, 0.1) is 17.6 Å². The summed E-state index contributed by atoms with van der Waals surface area (Å²) in [7, 11) is 0. The van der Waals surface area contributed by atoms with Gasteiger partial charge in [0.2, 0.25) is 5.91 Å². The van der Waals surface area contributed by atoms with Gasteiger partial charge in [-0.1, -0.05) is 18.2 Å². The highest BCUT2D eigenvalue weighted by atomic mass is 127. The Morgan fingerprint density at radius 3 is 2.86 bits per heavy atom. The van der Waals surface area contributed by atoms with Crippen LogP contribution in [0.1, 0.15) is 6.92 Å². The van der Waals surface area contributed by atoms with Gasteiger partial charge in [-0.15, -0.1) is 0 Å². The molecule has 0 radical (unpaired) electrons. The number of halogens is 1. The van der Waals surface area contributed by atoms with Gasteiger partial charge in [-0.25, -0.2) is 0 Å².